The van der Waals surface area contributed by atoms with Crippen molar-refractivity contribution in [2.75, 3.05) is 60.5 Å². The smallest absolute Gasteiger partial charge is 0.261 e. The van der Waals surface area contributed by atoms with Crippen LogP contribution in [-0.4, -0.2) is 76.2 Å². The zero-order chi connectivity index (χ0) is 21.2. The number of thiophene rings is 1. The third-order valence-electron chi connectivity index (χ3n) is 4.68. The molecule has 0 bridgehead atoms. The number of amides is 1. The number of rotatable bonds is 12. The van der Waals surface area contributed by atoms with Gasteiger partial charge in [-0.05, 0) is 63.1 Å². The van der Waals surface area contributed by atoms with Gasteiger partial charge in [0.15, 0.2) is 11.5 Å². The second kappa shape index (κ2) is 15.3. The molecule has 0 aliphatic heterocycles. The van der Waals surface area contributed by atoms with Gasteiger partial charge in [-0.3, -0.25) is 4.79 Å². The molecule has 176 valence electrons. The van der Waals surface area contributed by atoms with E-state index < -0.39 is 0 Å². The van der Waals surface area contributed by atoms with Crippen LogP contribution in [0.1, 0.15) is 23.5 Å². The van der Waals surface area contributed by atoms with E-state index in [9.17, 15) is 4.79 Å². The highest BCUT2D eigenvalue weighted by atomic mass is 35.5. The predicted molar refractivity (Wildman–Crippen MR) is 135 cm³/mol. The molecule has 6 nitrogen and oxygen atoms in total. The summed E-state index contributed by atoms with van der Waals surface area (Å²) in [6, 6.07) is 9.75. The lowest BCUT2D eigenvalue weighted by molar-refractivity contribution is 0.0955. The van der Waals surface area contributed by atoms with Gasteiger partial charge in [0.1, 0.15) is 6.61 Å². The van der Waals surface area contributed by atoms with E-state index in [1.165, 1.54) is 11.3 Å². The van der Waals surface area contributed by atoms with E-state index in [2.05, 4.69) is 24.1 Å². The topological polar surface area (TPSA) is 54.0 Å². The number of carbonyl (C=O) groups is 1. The third kappa shape index (κ3) is 9.25. The van der Waals surface area contributed by atoms with Crippen LogP contribution in [-0.2, 0) is 0 Å². The Bertz CT molecular complexity index is 783. The van der Waals surface area contributed by atoms with Gasteiger partial charge in [-0.15, -0.1) is 36.2 Å². The molecule has 0 fully saturated rings. The molecule has 2 aromatic rings. The lowest BCUT2D eigenvalue weighted by atomic mass is 10.1. The molecular formula is C22H35Cl2N3O3S. The molecule has 0 spiro atoms. The molecule has 0 aliphatic rings. The first-order valence-electron chi connectivity index (χ1n) is 10.0. The van der Waals surface area contributed by atoms with Crippen LogP contribution >= 0.6 is 36.2 Å². The normalized spacial score (nSPS) is 10.4. The van der Waals surface area contributed by atoms with Crippen molar-refractivity contribution in [1.82, 2.24) is 15.1 Å². The molecule has 1 amide bonds. The maximum Gasteiger partial charge on any atom is 0.261 e. The Kier molecular flexibility index (Phi) is 14.6. The summed E-state index contributed by atoms with van der Waals surface area (Å²) in [6.07, 6.45) is 0. The van der Waals surface area contributed by atoms with E-state index in [0.29, 0.717) is 23.8 Å². The van der Waals surface area contributed by atoms with Gasteiger partial charge in [-0.2, -0.15) is 0 Å². The molecular weight excluding hydrogens is 457 g/mol. The van der Waals surface area contributed by atoms with E-state index in [0.717, 1.165) is 42.4 Å². The lowest BCUT2D eigenvalue weighted by Gasteiger charge is -2.18. The van der Waals surface area contributed by atoms with E-state index in [-0.39, 0.29) is 30.7 Å². The predicted octanol–water partition coefficient (Wildman–Crippen LogP) is 4.28. The maximum absolute atomic E-state index is 12.3. The van der Waals surface area contributed by atoms with Crippen LogP contribution in [0, 0.1) is 0 Å². The number of nitrogens with zero attached hydrogens (tertiary/aromatic N) is 2. The van der Waals surface area contributed by atoms with E-state index in [1.54, 1.807) is 7.11 Å². The zero-order valence-electron chi connectivity index (χ0n) is 19.0. The zero-order valence-corrected chi connectivity index (χ0v) is 21.4. The number of methoxy groups -OCH3 is 1. The van der Waals surface area contributed by atoms with Gasteiger partial charge in [0.05, 0.1) is 12.0 Å². The van der Waals surface area contributed by atoms with Crippen molar-refractivity contribution in [2.45, 2.75) is 13.8 Å². The van der Waals surface area contributed by atoms with Gasteiger partial charge in [-0.25, -0.2) is 0 Å². The SMILES string of the molecule is CCN(CC)CCOc1ccc(-c2ccc(C(=O)NCCN(C)C)s2)cc1OC.Cl.Cl. The van der Waals surface area contributed by atoms with Crippen LogP contribution in [0.2, 0.25) is 0 Å². The molecule has 9 heteroatoms. The Balaban J connectivity index is 0.00000450. The Morgan fingerprint density at radius 1 is 1.03 bits per heavy atom. The van der Waals surface area contributed by atoms with Crippen LogP contribution < -0.4 is 14.8 Å². The van der Waals surface area contributed by atoms with E-state index in [4.69, 9.17) is 9.47 Å². The summed E-state index contributed by atoms with van der Waals surface area (Å²) >= 11 is 1.48. The van der Waals surface area contributed by atoms with Crippen molar-refractivity contribution in [3.05, 3.63) is 35.2 Å². The first kappa shape index (κ1) is 29.5. The summed E-state index contributed by atoms with van der Waals surface area (Å²) in [7, 11) is 5.62. The monoisotopic (exact) mass is 491 g/mol. The number of ether oxygens (including phenoxy) is 2. The molecule has 2 rings (SSSR count). The fraction of sp³-hybridized carbons (Fsp3) is 0.500. The van der Waals surface area contributed by atoms with Crippen LogP contribution in [0.5, 0.6) is 11.5 Å². The molecule has 1 aromatic heterocycles. The molecule has 1 heterocycles. The van der Waals surface area contributed by atoms with Crippen LogP contribution in [0.3, 0.4) is 0 Å². The van der Waals surface area contributed by atoms with Gasteiger partial charge in [0, 0.05) is 24.5 Å². The first-order chi connectivity index (χ1) is 14.0. The summed E-state index contributed by atoms with van der Waals surface area (Å²) in [5, 5.41) is 2.95. The van der Waals surface area contributed by atoms with Crippen LogP contribution in [0.15, 0.2) is 30.3 Å². The van der Waals surface area contributed by atoms with E-state index in [1.807, 2.05) is 49.3 Å². The molecule has 31 heavy (non-hydrogen) atoms. The summed E-state index contributed by atoms with van der Waals surface area (Å²) in [6.45, 7) is 9.28. The maximum atomic E-state index is 12.3. The summed E-state index contributed by atoms with van der Waals surface area (Å²) in [4.78, 5) is 18.4. The van der Waals surface area contributed by atoms with Gasteiger partial charge >= 0.3 is 0 Å². The number of nitrogens with one attached hydrogen (secondary N) is 1. The second-order valence-electron chi connectivity index (χ2n) is 6.96. The fourth-order valence-electron chi connectivity index (χ4n) is 2.86. The van der Waals surface area contributed by atoms with Crippen molar-refractivity contribution in [3.63, 3.8) is 0 Å². The number of hydrogen-bond acceptors (Lipinski definition) is 6. The molecule has 0 unspecified atom stereocenters. The largest absolute Gasteiger partial charge is 0.493 e. The minimum Gasteiger partial charge on any atom is -0.493 e. The second-order valence-corrected chi connectivity index (χ2v) is 8.05. The first-order valence-corrected chi connectivity index (χ1v) is 10.9. The highest BCUT2D eigenvalue weighted by Crippen LogP contribution is 2.35. The number of likely N-dealkylation sites (N-methyl/N-ethyl adjacent to an activating group) is 2. The molecule has 0 aliphatic carbocycles. The Labute approximate surface area is 202 Å². The van der Waals surface area contributed by atoms with Crippen molar-refractivity contribution in [2.24, 2.45) is 0 Å². The summed E-state index contributed by atoms with van der Waals surface area (Å²) < 4.78 is 11.5. The average molecular weight is 493 g/mol. The number of hydrogen-bond donors (Lipinski definition) is 1. The van der Waals surface area contributed by atoms with Gasteiger partial charge < -0.3 is 24.6 Å². The Morgan fingerprint density at radius 3 is 2.35 bits per heavy atom. The van der Waals surface area contributed by atoms with Gasteiger partial charge in [0.25, 0.3) is 5.91 Å². The molecule has 1 aromatic carbocycles. The summed E-state index contributed by atoms with van der Waals surface area (Å²) in [5.41, 5.74) is 1.01. The molecule has 0 saturated carbocycles. The van der Waals surface area contributed by atoms with Crippen molar-refractivity contribution >= 4 is 42.1 Å². The van der Waals surface area contributed by atoms with Crippen molar-refractivity contribution in [3.8, 4) is 21.9 Å². The fourth-order valence-corrected chi connectivity index (χ4v) is 3.78. The highest BCUT2D eigenvalue weighted by molar-refractivity contribution is 7.17. The summed E-state index contributed by atoms with van der Waals surface area (Å²) in [5.74, 6) is 1.40. The molecule has 0 atom stereocenters. The standard InChI is InChI=1S/C22H33N3O3S.2ClH/c1-6-25(7-2)14-15-28-18-9-8-17(16-19(18)27-5)20-10-11-21(29-20)22(26)23-12-13-24(3)4;;/h8-11,16H,6-7,12-15H2,1-5H3,(H,23,26);2*1H. The average Bonchev–Trinajstić information content (AvgIpc) is 3.21. The number of benzene rings is 1. The Hall–Kier alpha value is -1.51. The lowest BCUT2D eigenvalue weighted by Crippen LogP contribution is -2.30. The highest BCUT2D eigenvalue weighted by Gasteiger charge is 2.13. The van der Waals surface area contributed by atoms with Crippen LogP contribution in [0.4, 0.5) is 0 Å². The van der Waals surface area contributed by atoms with E-state index >= 15 is 0 Å². The van der Waals surface area contributed by atoms with Crippen LogP contribution in [0.25, 0.3) is 10.4 Å². The number of carbonyl (C=O) groups excluding carboxylic acids is 1. The van der Waals surface area contributed by atoms with Gasteiger partial charge in [-0.1, -0.05) is 13.8 Å². The molecule has 1 N–H and O–H groups in total. The molecule has 0 radical (unpaired) electrons. The van der Waals surface area contributed by atoms with Gasteiger partial charge in [0.2, 0.25) is 0 Å². The minimum atomic E-state index is -0.0357. The van der Waals surface area contributed by atoms with Crippen molar-refractivity contribution in [1.29, 1.82) is 0 Å². The molecule has 0 saturated heterocycles. The number of halogens is 2. The third-order valence-corrected chi connectivity index (χ3v) is 5.82. The quantitative estimate of drug-likeness (QED) is 0.480. The van der Waals surface area contributed by atoms with Crippen molar-refractivity contribution < 1.29 is 14.3 Å². The Morgan fingerprint density at radius 2 is 1.74 bits per heavy atom. The minimum absolute atomic E-state index is 0.